The van der Waals surface area contributed by atoms with E-state index in [4.69, 9.17) is 0 Å². The Morgan fingerprint density at radius 1 is 1.45 bits per heavy atom. The fourth-order valence-corrected chi connectivity index (χ4v) is 1.65. The van der Waals surface area contributed by atoms with Crippen molar-refractivity contribution in [2.45, 2.75) is 25.4 Å². The molecule has 0 radical (unpaired) electrons. The molecule has 3 heteroatoms. The number of likely N-dealkylation sites (N-methyl/N-ethyl adjacent to an activating group) is 1. The monoisotopic (exact) mass is 157 g/mol. The third kappa shape index (κ3) is 2.43. The van der Waals surface area contributed by atoms with Gasteiger partial charge in [-0.15, -0.1) is 0 Å². The minimum atomic E-state index is 0.644. The van der Waals surface area contributed by atoms with Gasteiger partial charge in [0.1, 0.15) is 0 Å². The molecule has 1 fully saturated rings. The predicted octanol–water partition coefficient (Wildman–Crippen LogP) is 0.145. The summed E-state index contributed by atoms with van der Waals surface area (Å²) < 4.78 is 0. The van der Waals surface area contributed by atoms with Crippen molar-refractivity contribution in [3.8, 4) is 0 Å². The third-order valence-electron chi connectivity index (χ3n) is 2.33. The molecule has 1 N–H and O–H groups in total. The molecule has 66 valence electrons. The van der Waals surface area contributed by atoms with Crippen LogP contribution in [0.2, 0.25) is 0 Å². The van der Waals surface area contributed by atoms with Crippen LogP contribution in [0.4, 0.5) is 0 Å². The average Bonchev–Trinajstić information content (AvgIpc) is 2.10. The quantitative estimate of drug-likeness (QED) is 0.575. The molecule has 2 unspecified atom stereocenters. The first-order valence-corrected chi connectivity index (χ1v) is 4.23. The van der Waals surface area contributed by atoms with Crippen molar-refractivity contribution in [1.82, 2.24) is 15.3 Å². The standard InChI is InChI=1S/C8H19N3/c1-7-5-8(6-11(7)4)9-10(2)3/h7-9H,5-6H2,1-4H3. The molecule has 0 spiro atoms. The lowest BCUT2D eigenvalue weighted by molar-refractivity contribution is 0.240. The highest BCUT2D eigenvalue weighted by Gasteiger charge is 2.25. The lowest BCUT2D eigenvalue weighted by Crippen LogP contribution is -2.40. The number of nitrogens with zero attached hydrogens (tertiary/aromatic N) is 2. The van der Waals surface area contributed by atoms with Crippen molar-refractivity contribution in [2.75, 3.05) is 27.7 Å². The summed E-state index contributed by atoms with van der Waals surface area (Å²) in [7, 11) is 6.27. The van der Waals surface area contributed by atoms with Crippen molar-refractivity contribution in [2.24, 2.45) is 0 Å². The second-order valence-corrected chi connectivity index (χ2v) is 3.74. The predicted molar refractivity (Wildman–Crippen MR) is 47.3 cm³/mol. The maximum atomic E-state index is 3.39. The van der Waals surface area contributed by atoms with Gasteiger partial charge in [0, 0.05) is 32.7 Å². The summed E-state index contributed by atoms with van der Waals surface area (Å²) in [6.07, 6.45) is 1.26. The normalized spacial score (nSPS) is 33.5. The van der Waals surface area contributed by atoms with Gasteiger partial charge in [0.05, 0.1) is 0 Å². The van der Waals surface area contributed by atoms with Crippen LogP contribution in [-0.2, 0) is 0 Å². The summed E-state index contributed by atoms with van der Waals surface area (Å²) in [6, 6.07) is 1.37. The van der Waals surface area contributed by atoms with E-state index in [1.165, 1.54) is 13.0 Å². The molecular weight excluding hydrogens is 138 g/mol. The van der Waals surface area contributed by atoms with Crippen LogP contribution in [0.5, 0.6) is 0 Å². The molecule has 0 aromatic rings. The van der Waals surface area contributed by atoms with Gasteiger partial charge in [0.2, 0.25) is 0 Å². The van der Waals surface area contributed by atoms with Crippen molar-refractivity contribution in [1.29, 1.82) is 0 Å². The van der Waals surface area contributed by atoms with Gasteiger partial charge in [-0.25, -0.2) is 0 Å². The van der Waals surface area contributed by atoms with Crippen LogP contribution < -0.4 is 5.43 Å². The Balaban J connectivity index is 2.29. The number of rotatable bonds is 2. The first kappa shape index (κ1) is 8.97. The van der Waals surface area contributed by atoms with E-state index in [0.29, 0.717) is 6.04 Å². The first-order chi connectivity index (χ1) is 5.09. The maximum Gasteiger partial charge on any atom is 0.0357 e. The van der Waals surface area contributed by atoms with Crippen molar-refractivity contribution < 1.29 is 0 Å². The average molecular weight is 157 g/mol. The van der Waals surface area contributed by atoms with Crippen molar-refractivity contribution in [3.63, 3.8) is 0 Å². The topological polar surface area (TPSA) is 18.5 Å². The van der Waals surface area contributed by atoms with Crippen LogP contribution in [-0.4, -0.2) is 49.7 Å². The SMILES string of the molecule is CC1CC(NN(C)C)CN1C. The summed E-state index contributed by atoms with van der Waals surface area (Å²) in [5, 5.41) is 2.04. The molecule has 11 heavy (non-hydrogen) atoms. The highest BCUT2D eigenvalue weighted by atomic mass is 15.5. The Labute approximate surface area is 69.3 Å². The van der Waals surface area contributed by atoms with E-state index in [1.54, 1.807) is 0 Å². The summed E-state index contributed by atoms with van der Waals surface area (Å²) in [5.74, 6) is 0. The molecular formula is C8H19N3. The zero-order chi connectivity index (χ0) is 8.43. The Kier molecular flexibility index (Phi) is 2.87. The molecule has 2 atom stereocenters. The molecule has 0 bridgehead atoms. The number of likely N-dealkylation sites (tertiary alicyclic amines) is 1. The van der Waals surface area contributed by atoms with Crippen LogP contribution in [0.1, 0.15) is 13.3 Å². The fourth-order valence-electron chi connectivity index (χ4n) is 1.65. The van der Waals surface area contributed by atoms with Crippen LogP contribution in [0, 0.1) is 0 Å². The van der Waals surface area contributed by atoms with Gasteiger partial charge >= 0.3 is 0 Å². The van der Waals surface area contributed by atoms with E-state index in [-0.39, 0.29) is 0 Å². The van der Waals surface area contributed by atoms with E-state index < -0.39 is 0 Å². The molecule has 0 aliphatic carbocycles. The van der Waals surface area contributed by atoms with E-state index in [2.05, 4.69) is 24.3 Å². The van der Waals surface area contributed by atoms with E-state index >= 15 is 0 Å². The molecule has 1 rings (SSSR count). The Morgan fingerprint density at radius 2 is 2.09 bits per heavy atom. The molecule has 0 saturated carbocycles. The van der Waals surface area contributed by atoms with Gasteiger partial charge in [-0.2, -0.15) is 0 Å². The minimum absolute atomic E-state index is 0.644. The molecule has 1 saturated heterocycles. The highest BCUT2D eigenvalue weighted by molar-refractivity contribution is 4.83. The van der Waals surface area contributed by atoms with Gasteiger partial charge < -0.3 is 4.90 Å². The van der Waals surface area contributed by atoms with Crippen LogP contribution in [0.15, 0.2) is 0 Å². The lowest BCUT2D eigenvalue weighted by Gasteiger charge is -2.17. The summed E-state index contributed by atoms with van der Waals surface area (Å²) >= 11 is 0. The summed E-state index contributed by atoms with van der Waals surface area (Å²) in [4.78, 5) is 2.39. The van der Waals surface area contributed by atoms with Gasteiger partial charge in [-0.3, -0.25) is 10.4 Å². The van der Waals surface area contributed by atoms with Gasteiger partial charge in [-0.1, -0.05) is 0 Å². The first-order valence-electron chi connectivity index (χ1n) is 4.23. The Bertz CT molecular complexity index is 112. The summed E-state index contributed by atoms with van der Waals surface area (Å²) in [5.41, 5.74) is 3.39. The van der Waals surface area contributed by atoms with Crippen LogP contribution >= 0.6 is 0 Å². The number of nitrogens with one attached hydrogen (secondary N) is 1. The number of hydrogen-bond donors (Lipinski definition) is 1. The molecule has 0 amide bonds. The third-order valence-corrected chi connectivity index (χ3v) is 2.33. The summed E-state index contributed by atoms with van der Waals surface area (Å²) in [6.45, 7) is 3.44. The highest BCUT2D eigenvalue weighted by Crippen LogP contribution is 2.14. The van der Waals surface area contributed by atoms with Gasteiger partial charge in [-0.05, 0) is 20.4 Å². The van der Waals surface area contributed by atoms with Crippen LogP contribution in [0.3, 0.4) is 0 Å². The molecule has 3 nitrogen and oxygen atoms in total. The fraction of sp³-hybridized carbons (Fsp3) is 1.00. The molecule has 1 heterocycles. The molecule has 0 aromatic heterocycles. The Morgan fingerprint density at radius 3 is 2.45 bits per heavy atom. The minimum Gasteiger partial charge on any atom is -0.302 e. The lowest BCUT2D eigenvalue weighted by atomic mass is 10.2. The number of hydrazine groups is 1. The molecule has 1 aliphatic heterocycles. The van der Waals surface area contributed by atoms with Gasteiger partial charge in [0.15, 0.2) is 0 Å². The second-order valence-electron chi connectivity index (χ2n) is 3.74. The van der Waals surface area contributed by atoms with E-state index in [9.17, 15) is 0 Å². The smallest absolute Gasteiger partial charge is 0.0357 e. The van der Waals surface area contributed by atoms with Crippen molar-refractivity contribution in [3.05, 3.63) is 0 Å². The zero-order valence-corrected chi connectivity index (χ0v) is 7.96. The molecule has 0 aromatic carbocycles. The van der Waals surface area contributed by atoms with Gasteiger partial charge in [0.25, 0.3) is 0 Å². The van der Waals surface area contributed by atoms with E-state index in [0.717, 1.165) is 6.04 Å². The zero-order valence-electron chi connectivity index (χ0n) is 7.96. The largest absolute Gasteiger partial charge is 0.302 e. The second kappa shape index (κ2) is 3.52. The van der Waals surface area contributed by atoms with Crippen LogP contribution in [0.25, 0.3) is 0 Å². The molecule has 1 aliphatic rings. The maximum absolute atomic E-state index is 3.39. The van der Waals surface area contributed by atoms with Crippen molar-refractivity contribution >= 4 is 0 Å². The Hall–Kier alpha value is -0.120. The number of hydrogen-bond acceptors (Lipinski definition) is 3. The van der Waals surface area contributed by atoms with E-state index in [1.807, 2.05) is 19.1 Å².